The Morgan fingerprint density at radius 1 is 1.33 bits per heavy atom. The fraction of sp³-hybridized carbons (Fsp3) is 0.462. The summed E-state index contributed by atoms with van der Waals surface area (Å²) in [6, 6.07) is 10.3. The lowest BCUT2D eigenvalue weighted by Crippen LogP contribution is -2.07. The summed E-state index contributed by atoms with van der Waals surface area (Å²) in [4.78, 5) is 11.0. The zero-order valence-electron chi connectivity index (χ0n) is 9.40. The van der Waals surface area contributed by atoms with Crippen molar-refractivity contribution in [2.24, 2.45) is 5.92 Å². The van der Waals surface area contributed by atoms with Gasteiger partial charge in [0.2, 0.25) is 0 Å². The maximum atomic E-state index is 11.0. The summed E-state index contributed by atoms with van der Waals surface area (Å²) in [7, 11) is 1.44. The van der Waals surface area contributed by atoms with E-state index in [9.17, 15) is 4.79 Å². The summed E-state index contributed by atoms with van der Waals surface area (Å²) >= 11 is 0. The Labute approximate surface area is 91.3 Å². The van der Waals surface area contributed by atoms with Crippen LogP contribution in [0, 0.1) is 5.92 Å². The maximum Gasteiger partial charge on any atom is 0.305 e. The van der Waals surface area contributed by atoms with Gasteiger partial charge in [0, 0.05) is 6.42 Å². The van der Waals surface area contributed by atoms with Crippen molar-refractivity contribution in [2.45, 2.75) is 26.2 Å². The van der Waals surface area contributed by atoms with E-state index < -0.39 is 0 Å². The van der Waals surface area contributed by atoms with Crippen LogP contribution in [0.1, 0.15) is 25.3 Å². The molecule has 1 unspecified atom stereocenters. The standard InChI is InChI=1S/C13H18O2/c1-11(10-13(14)15-2)8-9-12-6-4-3-5-7-12/h3-7,11H,8-10H2,1-2H3. The van der Waals surface area contributed by atoms with E-state index in [1.165, 1.54) is 12.7 Å². The molecule has 0 aliphatic carbocycles. The molecule has 0 radical (unpaired) electrons. The molecule has 0 N–H and O–H groups in total. The van der Waals surface area contributed by atoms with Gasteiger partial charge >= 0.3 is 5.97 Å². The molecule has 0 saturated heterocycles. The van der Waals surface area contributed by atoms with Crippen LogP contribution in [0.4, 0.5) is 0 Å². The number of hydrogen-bond donors (Lipinski definition) is 0. The van der Waals surface area contributed by atoms with Crippen LogP contribution < -0.4 is 0 Å². The number of benzene rings is 1. The summed E-state index contributed by atoms with van der Waals surface area (Å²) in [5.74, 6) is 0.271. The number of carbonyl (C=O) groups is 1. The van der Waals surface area contributed by atoms with Crippen molar-refractivity contribution in [3.05, 3.63) is 35.9 Å². The van der Waals surface area contributed by atoms with Gasteiger partial charge in [-0.3, -0.25) is 4.79 Å². The molecular weight excluding hydrogens is 188 g/mol. The van der Waals surface area contributed by atoms with Crippen molar-refractivity contribution in [1.82, 2.24) is 0 Å². The number of ether oxygens (including phenoxy) is 1. The first-order chi connectivity index (χ1) is 7.22. The van der Waals surface area contributed by atoms with E-state index in [1.807, 2.05) is 18.2 Å². The predicted molar refractivity (Wildman–Crippen MR) is 60.6 cm³/mol. The quantitative estimate of drug-likeness (QED) is 0.692. The van der Waals surface area contributed by atoms with Gasteiger partial charge in [-0.05, 0) is 24.3 Å². The molecule has 0 aliphatic rings. The Kier molecular flexibility index (Phi) is 4.88. The number of rotatable bonds is 5. The molecule has 2 heteroatoms. The Morgan fingerprint density at radius 2 is 2.00 bits per heavy atom. The highest BCUT2D eigenvalue weighted by molar-refractivity contribution is 5.69. The number of hydrogen-bond acceptors (Lipinski definition) is 2. The fourth-order valence-corrected chi connectivity index (χ4v) is 1.53. The summed E-state index contributed by atoms with van der Waals surface area (Å²) in [5, 5.41) is 0. The second-order valence-corrected chi connectivity index (χ2v) is 3.91. The van der Waals surface area contributed by atoms with Crippen molar-refractivity contribution < 1.29 is 9.53 Å². The third kappa shape index (κ3) is 4.63. The van der Waals surface area contributed by atoms with E-state index in [-0.39, 0.29) is 5.97 Å². The smallest absolute Gasteiger partial charge is 0.305 e. The van der Waals surface area contributed by atoms with E-state index >= 15 is 0 Å². The molecule has 0 aromatic heterocycles. The predicted octanol–water partition coefficient (Wildman–Crippen LogP) is 2.82. The molecule has 1 rings (SSSR count). The minimum atomic E-state index is -0.115. The first kappa shape index (κ1) is 11.8. The van der Waals surface area contributed by atoms with E-state index in [2.05, 4.69) is 23.8 Å². The third-order valence-electron chi connectivity index (χ3n) is 2.51. The second kappa shape index (κ2) is 6.23. The molecule has 0 heterocycles. The molecule has 2 nitrogen and oxygen atoms in total. The van der Waals surface area contributed by atoms with Crippen molar-refractivity contribution >= 4 is 5.97 Å². The number of aryl methyl sites for hydroxylation is 1. The highest BCUT2D eigenvalue weighted by Gasteiger charge is 2.08. The van der Waals surface area contributed by atoms with Crippen LogP contribution >= 0.6 is 0 Å². The van der Waals surface area contributed by atoms with E-state index in [0.29, 0.717) is 12.3 Å². The molecule has 1 atom stereocenters. The van der Waals surface area contributed by atoms with Crippen LogP contribution in [-0.2, 0) is 16.0 Å². The first-order valence-electron chi connectivity index (χ1n) is 5.33. The summed E-state index contributed by atoms with van der Waals surface area (Å²) < 4.78 is 4.63. The molecule has 0 saturated carbocycles. The topological polar surface area (TPSA) is 26.3 Å². The van der Waals surface area contributed by atoms with Gasteiger partial charge in [0.25, 0.3) is 0 Å². The highest BCUT2D eigenvalue weighted by Crippen LogP contribution is 2.12. The van der Waals surface area contributed by atoms with Crippen LogP contribution in [0.5, 0.6) is 0 Å². The normalized spacial score (nSPS) is 12.1. The van der Waals surface area contributed by atoms with Crippen LogP contribution in [0.25, 0.3) is 0 Å². The van der Waals surface area contributed by atoms with Crippen LogP contribution in [0.15, 0.2) is 30.3 Å². The Balaban J connectivity index is 2.28. The average Bonchev–Trinajstić information content (AvgIpc) is 2.27. The molecule has 82 valence electrons. The van der Waals surface area contributed by atoms with Crippen molar-refractivity contribution in [1.29, 1.82) is 0 Å². The molecule has 0 spiro atoms. The van der Waals surface area contributed by atoms with Gasteiger partial charge in [0.1, 0.15) is 0 Å². The molecule has 0 aliphatic heterocycles. The lowest BCUT2D eigenvalue weighted by atomic mass is 9.98. The minimum absolute atomic E-state index is 0.115. The van der Waals surface area contributed by atoms with Gasteiger partial charge in [-0.15, -0.1) is 0 Å². The Morgan fingerprint density at radius 3 is 2.60 bits per heavy atom. The van der Waals surface area contributed by atoms with Gasteiger partial charge in [-0.2, -0.15) is 0 Å². The summed E-state index contributed by atoms with van der Waals surface area (Å²) in [5.41, 5.74) is 1.33. The maximum absolute atomic E-state index is 11.0. The third-order valence-corrected chi connectivity index (χ3v) is 2.51. The van der Waals surface area contributed by atoms with Crippen LogP contribution in [-0.4, -0.2) is 13.1 Å². The molecule has 15 heavy (non-hydrogen) atoms. The van der Waals surface area contributed by atoms with Crippen LogP contribution in [0.2, 0.25) is 0 Å². The second-order valence-electron chi connectivity index (χ2n) is 3.91. The van der Waals surface area contributed by atoms with Gasteiger partial charge in [-0.1, -0.05) is 37.3 Å². The van der Waals surface area contributed by atoms with Gasteiger partial charge in [0.15, 0.2) is 0 Å². The first-order valence-corrected chi connectivity index (χ1v) is 5.33. The van der Waals surface area contributed by atoms with Crippen molar-refractivity contribution in [3.63, 3.8) is 0 Å². The molecular formula is C13H18O2. The average molecular weight is 206 g/mol. The zero-order chi connectivity index (χ0) is 11.1. The highest BCUT2D eigenvalue weighted by atomic mass is 16.5. The number of carbonyl (C=O) groups excluding carboxylic acids is 1. The lowest BCUT2D eigenvalue weighted by molar-refractivity contribution is -0.141. The molecule has 0 fully saturated rings. The van der Waals surface area contributed by atoms with Gasteiger partial charge < -0.3 is 4.74 Å². The number of esters is 1. The zero-order valence-corrected chi connectivity index (χ0v) is 9.40. The molecule has 1 aromatic rings. The number of methoxy groups -OCH3 is 1. The fourth-order valence-electron chi connectivity index (χ4n) is 1.53. The van der Waals surface area contributed by atoms with Gasteiger partial charge in [-0.25, -0.2) is 0 Å². The van der Waals surface area contributed by atoms with Gasteiger partial charge in [0.05, 0.1) is 7.11 Å². The minimum Gasteiger partial charge on any atom is -0.469 e. The van der Waals surface area contributed by atoms with E-state index in [4.69, 9.17) is 0 Å². The molecule has 0 bridgehead atoms. The van der Waals surface area contributed by atoms with Crippen molar-refractivity contribution in [2.75, 3.05) is 7.11 Å². The van der Waals surface area contributed by atoms with E-state index in [1.54, 1.807) is 0 Å². The van der Waals surface area contributed by atoms with E-state index in [0.717, 1.165) is 12.8 Å². The molecule has 0 amide bonds. The van der Waals surface area contributed by atoms with Crippen molar-refractivity contribution in [3.8, 4) is 0 Å². The Hall–Kier alpha value is -1.31. The van der Waals surface area contributed by atoms with Crippen LogP contribution in [0.3, 0.4) is 0 Å². The summed E-state index contributed by atoms with van der Waals surface area (Å²) in [6.07, 6.45) is 2.57. The monoisotopic (exact) mass is 206 g/mol. The lowest BCUT2D eigenvalue weighted by Gasteiger charge is -2.09. The molecule has 1 aromatic carbocycles. The SMILES string of the molecule is COC(=O)CC(C)CCc1ccccc1. The Bertz CT molecular complexity index is 293. The largest absolute Gasteiger partial charge is 0.469 e. The summed E-state index contributed by atoms with van der Waals surface area (Å²) in [6.45, 7) is 2.08.